The van der Waals surface area contributed by atoms with Crippen molar-refractivity contribution in [3.05, 3.63) is 23.5 Å². The van der Waals surface area contributed by atoms with Gasteiger partial charge in [-0.2, -0.15) is 0 Å². The summed E-state index contributed by atoms with van der Waals surface area (Å²) in [4.78, 5) is 20.6. The second-order valence-electron chi connectivity index (χ2n) is 9.85. The normalized spacial score (nSPS) is 21.7. The van der Waals surface area contributed by atoms with Gasteiger partial charge in [0.25, 0.3) is 6.43 Å². The molecule has 37 heavy (non-hydrogen) atoms. The summed E-state index contributed by atoms with van der Waals surface area (Å²) >= 11 is 6.52. The minimum atomic E-state index is -3.91. The molecule has 1 saturated heterocycles. The maximum Gasteiger partial charge on any atom is 0.291 e. The summed E-state index contributed by atoms with van der Waals surface area (Å²) in [7, 11) is -3.91. The molecule has 0 bridgehead atoms. The van der Waals surface area contributed by atoms with Crippen LogP contribution in [0.25, 0.3) is 16.3 Å². The molecule has 5 rings (SSSR count). The number of imidazole rings is 1. The van der Waals surface area contributed by atoms with Crippen molar-refractivity contribution in [2.45, 2.75) is 62.6 Å². The van der Waals surface area contributed by atoms with Crippen molar-refractivity contribution >= 4 is 50.1 Å². The molecule has 1 aliphatic carbocycles. The molecule has 3 aromatic rings. The zero-order valence-corrected chi connectivity index (χ0v) is 22.7. The lowest BCUT2D eigenvalue weighted by Crippen LogP contribution is -2.59. The highest BCUT2D eigenvalue weighted by Gasteiger charge is 2.42. The van der Waals surface area contributed by atoms with E-state index in [1.165, 1.54) is 6.20 Å². The molecule has 1 saturated carbocycles. The summed E-state index contributed by atoms with van der Waals surface area (Å²) in [5.41, 5.74) is 0.683. The van der Waals surface area contributed by atoms with Crippen molar-refractivity contribution in [3.8, 4) is 10.8 Å². The van der Waals surface area contributed by atoms with Crippen molar-refractivity contribution in [2.24, 2.45) is 0 Å². The Hall–Kier alpha value is -2.42. The topological polar surface area (TPSA) is 113 Å². The predicted molar refractivity (Wildman–Crippen MR) is 136 cm³/mol. The van der Waals surface area contributed by atoms with E-state index < -0.39 is 27.0 Å². The minimum Gasteiger partial charge on any atom is -0.366 e. The van der Waals surface area contributed by atoms with Crippen molar-refractivity contribution in [2.75, 3.05) is 23.9 Å². The molecule has 2 fully saturated rings. The van der Waals surface area contributed by atoms with Crippen LogP contribution in [0.3, 0.4) is 0 Å². The smallest absolute Gasteiger partial charge is 0.291 e. The Bertz CT molecular complexity index is 1450. The number of halogens is 3. The highest BCUT2D eigenvalue weighted by atomic mass is 35.5. The summed E-state index contributed by atoms with van der Waals surface area (Å²) in [6, 6.07) is 1.23. The highest BCUT2D eigenvalue weighted by Crippen LogP contribution is 2.38. The Labute approximate surface area is 221 Å². The van der Waals surface area contributed by atoms with Gasteiger partial charge < -0.3 is 9.80 Å². The van der Waals surface area contributed by atoms with Crippen LogP contribution < -0.4 is 9.62 Å². The lowest BCUT2D eigenvalue weighted by Gasteiger charge is -2.45. The molecule has 0 radical (unpaired) electrons. The lowest BCUT2D eigenvalue weighted by atomic mass is 10.1. The van der Waals surface area contributed by atoms with E-state index in [0.717, 1.165) is 12.8 Å². The average Bonchev–Trinajstić information content (AvgIpc) is 3.22. The van der Waals surface area contributed by atoms with Gasteiger partial charge in [-0.05, 0) is 39.7 Å². The summed E-state index contributed by atoms with van der Waals surface area (Å²) in [5.74, 6) is -0.0688. The number of anilines is 1. The van der Waals surface area contributed by atoms with Gasteiger partial charge in [-0.15, -0.1) is 21.8 Å². The largest absolute Gasteiger partial charge is 0.366 e. The molecule has 0 aromatic carbocycles. The number of rotatable bonds is 7. The summed E-state index contributed by atoms with van der Waals surface area (Å²) < 4.78 is 57.4. The van der Waals surface area contributed by atoms with Crippen LogP contribution in [0.5, 0.6) is 0 Å². The maximum absolute atomic E-state index is 13.4. The number of piperazine rings is 1. The van der Waals surface area contributed by atoms with Crippen molar-refractivity contribution in [3.63, 3.8) is 0 Å². The molecule has 10 nitrogen and oxygen atoms in total. The van der Waals surface area contributed by atoms with Gasteiger partial charge >= 0.3 is 0 Å². The Morgan fingerprint density at radius 1 is 1.27 bits per heavy atom. The molecule has 15 heteroatoms. The lowest BCUT2D eigenvalue weighted by molar-refractivity contribution is -0.133. The first-order valence-electron chi connectivity index (χ1n) is 11.7. The van der Waals surface area contributed by atoms with Crippen LogP contribution in [-0.4, -0.2) is 75.4 Å². The van der Waals surface area contributed by atoms with Crippen molar-refractivity contribution < 1.29 is 22.0 Å². The monoisotopic (exact) mass is 573 g/mol. The average molecular weight is 574 g/mol. The molecule has 2 aliphatic rings. The van der Waals surface area contributed by atoms with Crippen LogP contribution in [0.15, 0.2) is 23.4 Å². The minimum absolute atomic E-state index is 0.0144. The molecule has 1 amide bonds. The molecule has 0 unspecified atom stereocenters. The van der Waals surface area contributed by atoms with E-state index in [-0.39, 0.29) is 39.6 Å². The Morgan fingerprint density at radius 2 is 1.95 bits per heavy atom. The second kappa shape index (κ2) is 9.40. The van der Waals surface area contributed by atoms with Gasteiger partial charge in [-0.1, -0.05) is 11.3 Å². The first kappa shape index (κ1) is 26.2. The van der Waals surface area contributed by atoms with E-state index in [9.17, 15) is 22.0 Å². The van der Waals surface area contributed by atoms with E-state index >= 15 is 0 Å². The molecular formula is C22H26ClF2N7O3S2. The summed E-state index contributed by atoms with van der Waals surface area (Å²) in [5, 5.41) is 7.12. The number of sulfonamides is 1. The maximum atomic E-state index is 13.4. The number of carbonyl (C=O) groups is 1. The van der Waals surface area contributed by atoms with Gasteiger partial charge in [0, 0.05) is 36.9 Å². The number of fused-ring (bicyclic) bond motifs is 1. The molecule has 4 heterocycles. The Kier molecular flexibility index (Phi) is 6.66. The predicted octanol–water partition coefficient (Wildman–Crippen LogP) is 3.29. The number of pyridine rings is 1. The standard InChI is InChI=1S/C22H26ClF2N7O3S2/c1-12-9-30(10-13(2)32(12)17(33)7-23)15-6-14(37(34,35)29-22(3)4-5-22)11-31-16(15)8-26-19(31)21-28-27-20(36-21)18(24)25/h6,8,11-13,18,29H,4-5,7,9-10H2,1-3H3/t12-,13-/m0/s1. The van der Waals surface area contributed by atoms with Crippen molar-refractivity contribution in [1.82, 2.24) is 29.2 Å². The summed E-state index contributed by atoms with van der Waals surface area (Å²) in [6.07, 6.45) is 1.70. The molecule has 2 atom stereocenters. The zero-order valence-electron chi connectivity index (χ0n) is 20.4. The van der Waals surface area contributed by atoms with Crippen LogP contribution in [0.1, 0.15) is 45.0 Å². The zero-order chi connectivity index (χ0) is 26.7. The second-order valence-corrected chi connectivity index (χ2v) is 12.8. The quantitative estimate of drug-likeness (QED) is 0.432. The Balaban J connectivity index is 1.62. The van der Waals surface area contributed by atoms with Crippen LogP contribution in [-0.2, 0) is 14.8 Å². The fourth-order valence-corrected chi connectivity index (χ4v) is 7.09. The number of alkyl halides is 3. The number of hydrogen-bond donors (Lipinski definition) is 1. The molecular weight excluding hydrogens is 548 g/mol. The third kappa shape index (κ3) is 4.91. The van der Waals surface area contributed by atoms with E-state index in [1.807, 2.05) is 25.7 Å². The van der Waals surface area contributed by atoms with Gasteiger partial charge in [-0.25, -0.2) is 26.9 Å². The highest BCUT2D eigenvalue weighted by molar-refractivity contribution is 7.89. The number of aromatic nitrogens is 4. The molecule has 3 aromatic heterocycles. The molecule has 1 aliphatic heterocycles. The van der Waals surface area contributed by atoms with Gasteiger partial charge in [0.1, 0.15) is 10.8 Å². The SMILES string of the molecule is C[C@H]1CN(c2cc(S(=O)(=O)NC3(C)CC3)cn3c(-c4nnc(C(F)F)s4)ncc23)C[C@H](C)N1C(=O)CCl. The van der Waals surface area contributed by atoms with Gasteiger partial charge in [0.05, 0.1) is 17.4 Å². The van der Waals surface area contributed by atoms with E-state index in [4.69, 9.17) is 11.6 Å². The Morgan fingerprint density at radius 3 is 2.51 bits per heavy atom. The van der Waals surface area contributed by atoms with E-state index in [1.54, 1.807) is 21.6 Å². The number of nitrogens with one attached hydrogen (secondary N) is 1. The van der Waals surface area contributed by atoms with E-state index in [0.29, 0.717) is 35.6 Å². The third-order valence-electron chi connectivity index (χ3n) is 6.77. The summed E-state index contributed by atoms with van der Waals surface area (Å²) in [6.45, 7) is 6.54. The van der Waals surface area contributed by atoms with Crippen molar-refractivity contribution in [1.29, 1.82) is 0 Å². The third-order valence-corrected chi connectivity index (χ3v) is 9.53. The molecule has 1 N–H and O–H groups in total. The number of amides is 1. The van der Waals surface area contributed by atoms with Crippen LogP contribution in [0.4, 0.5) is 14.5 Å². The fraction of sp³-hybridized carbons (Fsp3) is 0.545. The molecule has 0 spiro atoms. The molecule has 200 valence electrons. The first-order chi connectivity index (χ1) is 17.4. The van der Waals surface area contributed by atoms with Crippen LogP contribution in [0, 0.1) is 0 Å². The van der Waals surface area contributed by atoms with E-state index in [2.05, 4.69) is 19.9 Å². The van der Waals surface area contributed by atoms with Crippen LogP contribution in [0.2, 0.25) is 0 Å². The number of carbonyl (C=O) groups excluding carboxylic acids is 1. The number of hydrogen-bond acceptors (Lipinski definition) is 8. The van der Waals surface area contributed by atoms with Gasteiger partial charge in [0.2, 0.25) is 15.9 Å². The van der Waals surface area contributed by atoms with Crippen LogP contribution >= 0.6 is 22.9 Å². The van der Waals surface area contributed by atoms with Gasteiger partial charge in [-0.3, -0.25) is 9.20 Å². The van der Waals surface area contributed by atoms with Gasteiger partial charge in [0.15, 0.2) is 15.8 Å². The fourth-order valence-electron chi connectivity index (χ4n) is 4.78. The first-order valence-corrected chi connectivity index (χ1v) is 14.5. The number of nitrogens with zero attached hydrogens (tertiary/aromatic N) is 6.